The van der Waals surface area contributed by atoms with E-state index >= 15 is 0 Å². The Balaban J connectivity index is 2.26. The van der Waals surface area contributed by atoms with Crippen molar-refractivity contribution < 1.29 is 18.3 Å². The van der Waals surface area contributed by atoms with Gasteiger partial charge >= 0.3 is 0 Å². The molecule has 1 amide bonds. The number of nitrogens with zero attached hydrogens (tertiary/aromatic N) is 1. The Morgan fingerprint density at radius 3 is 2.72 bits per heavy atom. The molecule has 1 unspecified atom stereocenters. The van der Waals surface area contributed by atoms with Crippen LogP contribution >= 0.6 is 0 Å². The van der Waals surface area contributed by atoms with Crippen LogP contribution in [0.25, 0.3) is 0 Å². The summed E-state index contributed by atoms with van der Waals surface area (Å²) in [6.07, 6.45) is 0.288. The monoisotopic (exact) mass is 255 g/mol. The van der Waals surface area contributed by atoms with Crippen LogP contribution in [0.3, 0.4) is 0 Å². The van der Waals surface area contributed by atoms with Crippen LogP contribution in [-0.2, 0) is 11.2 Å². The first-order valence-electron chi connectivity index (χ1n) is 5.92. The molecule has 1 aliphatic rings. The minimum atomic E-state index is -0.696. The van der Waals surface area contributed by atoms with Crippen molar-refractivity contribution in [1.82, 2.24) is 4.90 Å². The van der Waals surface area contributed by atoms with Crippen LogP contribution in [0.4, 0.5) is 8.78 Å². The summed E-state index contributed by atoms with van der Waals surface area (Å²) in [6, 6.07) is 1.96. The molecule has 0 spiro atoms. The predicted molar refractivity (Wildman–Crippen MR) is 62.4 cm³/mol. The first-order chi connectivity index (χ1) is 8.52. The van der Waals surface area contributed by atoms with E-state index in [2.05, 4.69) is 0 Å². The van der Waals surface area contributed by atoms with Gasteiger partial charge in [-0.2, -0.15) is 0 Å². The lowest BCUT2D eigenvalue weighted by Gasteiger charge is -2.16. The zero-order valence-corrected chi connectivity index (χ0v) is 10.4. The number of benzene rings is 1. The quantitative estimate of drug-likeness (QED) is 0.828. The Morgan fingerprint density at radius 2 is 2.17 bits per heavy atom. The number of halogens is 2. The van der Waals surface area contributed by atoms with E-state index in [0.29, 0.717) is 24.9 Å². The summed E-state index contributed by atoms with van der Waals surface area (Å²) in [5.41, 5.74) is 0.304. The van der Waals surface area contributed by atoms with Crippen molar-refractivity contribution in [2.24, 2.45) is 0 Å². The molecule has 1 aromatic rings. The highest BCUT2D eigenvalue weighted by molar-refractivity contribution is 5.83. The van der Waals surface area contributed by atoms with Gasteiger partial charge in [0.2, 0.25) is 0 Å². The molecule has 5 heteroatoms. The van der Waals surface area contributed by atoms with Gasteiger partial charge in [-0.1, -0.05) is 6.92 Å². The van der Waals surface area contributed by atoms with E-state index in [1.165, 1.54) is 0 Å². The van der Waals surface area contributed by atoms with Gasteiger partial charge in [-0.3, -0.25) is 4.79 Å². The van der Waals surface area contributed by atoms with Gasteiger partial charge in [0.25, 0.3) is 5.91 Å². The molecule has 0 N–H and O–H groups in total. The second kappa shape index (κ2) is 4.92. The molecule has 0 aromatic heterocycles. The van der Waals surface area contributed by atoms with E-state index in [1.54, 1.807) is 18.9 Å². The molecule has 0 saturated carbocycles. The summed E-state index contributed by atoms with van der Waals surface area (Å²) < 4.78 is 32.2. The maximum absolute atomic E-state index is 13.5. The Bertz CT molecular complexity index is 476. The number of carbonyl (C=O) groups excluding carboxylic acids is 1. The Hall–Kier alpha value is -1.65. The molecule has 0 aliphatic carbocycles. The Labute approximate surface area is 104 Å². The van der Waals surface area contributed by atoms with Gasteiger partial charge in [-0.25, -0.2) is 8.78 Å². The standard InChI is InChI=1S/C13H15F2NO2/c1-3-9-10(15)6-8(14)7-12(9)18-11-4-5-16(2)13(11)17/h6-7,11H,3-5H2,1-2H3. The zero-order chi connectivity index (χ0) is 13.3. The van der Waals surface area contributed by atoms with E-state index in [9.17, 15) is 13.6 Å². The number of likely N-dealkylation sites (N-methyl/N-ethyl adjacent to an activating group) is 1. The van der Waals surface area contributed by atoms with E-state index in [0.717, 1.165) is 12.1 Å². The van der Waals surface area contributed by atoms with Gasteiger partial charge in [-0.05, 0) is 6.42 Å². The fourth-order valence-electron chi connectivity index (χ4n) is 2.08. The summed E-state index contributed by atoms with van der Waals surface area (Å²) in [5.74, 6) is -1.35. The molecule has 1 aliphatic heterocycles. The molecular formula is C13H15F2NO2. The van der Waals surface area contributed by atoms with Crippen molar-refractivity contribution in [1.29, 1.82) is 0 Å². The molecule has 2 rings (SSSR count). The van der Waals surface area contributed by atoms with Crippen molar-refractivity contribution in [2.75, 3.05) is 13.6 Å². The number of rotatable bonds is 3. The molecule has 0 radical (unpaired) electrons. The summed E-state index contributed by atoms with van der Waals surface area (Å²) in [7, 11) is 1.68. The van der Waals surface area contributed by atoms with Crippen LogP contribution in [0.1, 0.15) is 18.9 Å². The molecule has 3 nitrogen and oxygen atoms in total. The Kier molecular flexibility index (Phi) is 3.50. The highest BCUT2D eigenvalue weighted by Crippen LogP contribution is 2.27. The number of hydrogen-bond donors (Lipinski definition) is 0. The highest BCUT2D eigenvalue weighted by atomic mass is 19.1. The van der Waals surface area contributed by atoms with Crippen LogP contribution in [-0.4, -0.2) is 30.5 Å². The molecular weight excluding hydrogens is 240 g/mol. The number of amides is 1. The SMILES string of the molecule is CCc1c(F)cc(F)cc1OC1CCN(C)C1=O. The van der Waals surface area contributed by atoms with Crippen LogP contribution in [0, 0.1) is 11.6 Å². The number of likely N-dealkylation sites (tertiary alicyclic amines) is 1. The molecule has 1 atom stereocenters. The van der Waals surface area contributed by atoms with Gasteiger partial charge in [-0.15, -0.1) is 0 Å². The fourth-order valence-corrected chi connectivity index (χ4v) is 2.08. The maximum Gasteiger partial charge on any atom is 0.263 e. The maximum atomic E-state index is 13.5. The van der Waals surface area contributed by atoms with E-state index in [4.69, 9.17) is 4.74 Å². The molecule has 18 heavy (non-hydrogen) atoms. The van der Waals surface area contributed by atoms with Gasteiger partial charge in [0.15, 0.2) is 6.10 Å². The third kappa shape index (κ3) is 2.30. The lowest BCUT2D eigenvalue weighted by atomic mass is 10.1. The summed E-state index contributed by atoms with van der Waals surface area (Å²) >= 11 is 0. The number of carbonyl (C=O) groups is 1. The van der Waals surface area contributed by atoms with Gasteiger partial charge in [0.05, 0.1) is 0 Å². The van der Waals surface area contributed by atoms with E-state index in [-0.39, 0.29) is 11.7 Å². The van der Waals surface area contributed by atoms with E-state index in [1.807, 2.05) is 0 Å². The minimum absolute atomic E-state index is 0.128. The first-order valence-corrected chi connectivity index (χ1v) is 5.92. The second-order valence-electron chi connectivity index (χ2n) is 4.37. The molecule has 98 valence electrons. The average molecular weight is 255 g/mol. The highest BCUT2D eigenvalue weighted by Gasteiger charge is 2.31. The minimum Gasteiger partial charge on any atom is -0.480 e. The smallest absolute Gasteiger partial charge is 0.263 e. The van der Waals surface area contributed by atoms with E-state index < -0.39 is 17.7 Å². The zero-order valence-electron chi connectivity index (χ0n) is 10.4. The van der Waals surface area contributed by atoms with Crippen molar-refractivity contribution in [3.05, 3.63) is 29.3 Å². The third-order valence-electron chi connectivity index (χ3n) is 3.12. The molecule has 0 bridgehead atoms. The topological polar surface area (TPSA) is 29.5 Å². The molecule has 1 saturated heterocycles. The fraction of sp³-hybridized carbons (Fsp3) is 0.462. The van der Waals surface area contributed by atoms with Crippen LogP contribution in [0.2, 0.25) is 0 Å². The van der Waals surface area contributed by atoms with Gasteiger partial charge < -0.3 is 9.64 Å². The van der Waals surface area contributed by atoms with Crippen molar-refractivity contribution in [3.63, 3.8) is 0 Å². The number of hydrogen-bond acceptors (Lipinski definition) is 2. The lowest BCUT2D eigenvalue weighted by molar-refractivity contribution is -0.132. The van der Waals surface area contributed by atoms with Crippen LogP contribution in [0.5, 0.6) is 5.75 Å². The predicted octanol–water partition coefficient (Wildman–Crippen LogP) is 2.14. The normalized spacial score (nSPS) is 19.4. The summed E-state index contributed by atoms with van der Waals surface area (Å²) in [6.45, 7) is 2.36. The van der Waals surface area contributed by atoms with Crippen LogP contribution < -0.4 is 4.74 Å². The molecule has 1 aromatic carbocycles. The van der Waals surface area contributed by atoms with Gasteiger partial charge in [0.1, 0.15) is 17.4 Å². The lowest BCUT2D eigenvalue weighted by Crippen LogP contribution is -2.29. The average Bonchev–Trinajstić information content (AvgIpc) is 2.60. The van der Waals surface area contributed by atoms with Crippen molar-refractivity contribution in [2.45, 2.75) is 25.9 Å². The Morgan fingerprint density at radius 1 is 1.44 bits per heavy atom. The number of ether oxygens (including phenoxy) is 1. The summed E-state index contributed by atoms with van der Waals surface area (Å²) in [4.78, 5) is 13.2. The van der Waals surface area contributed by atoms with Crippen molar-refractivity contribution >= 4 is 5.91 Å². The van der Waals surface area contributed by atoms with Crippen molar-refractivity contribution in [3.8, 4) is 5.75 Å². The molecule has 1 fully saturated rings. The van der Waals surface area contributed by atoms with Gasteiger partial charge in [0, 0.05) is 37.7 Å². The summed E-state index contributed by atoms with van der Waals surface area (Å²) in [5, 5.41) is 0. The molecule has 1 heterocycles. The third-order valence-corrected chi connectivity index (χ3v) is 3.12. The largest absolute Gasteiger partial charge is 0.480 e. The van der Waals surface area contributed by atoms with Crippen LogP contribution in [0.15, 0.2) is 12.1 Å². The first kappa shape index (κ1) is 12.8. The second-order valence-corrected chi connectivity index (χ2v) is 4.37.